The van der Waals surface area contributed by atoms with Gasteiger partial charge >= 0.3 is 12.1 Å². The van der Waals surface area contributed by atoms with Gasteiger partial charge in [-0.3, -0.25) is 4.79 Å². The Morgan fingerprint density at radius 1 is 0.915 bits per heavy atom. The van der Waals surface area contributed by atoms with E-state index in [1.54, 1.807) is 19.2 Å². The third-order valence-electron chi connectivity index (χ3n) is 7.09. The average molecular weight is 695 g/mol. The maximum Gasteiger partial charge on any atom is 0.407 e. The van der Waals surface area contributed by atoms with E-state index in [0.717, 1.165) is 29.6 Å². The van der Waals surface area contributed by atoms with E-state index in [4.69, 9.17) is 9.72 Å². The minimum absolute atomic E-state index is 0. The van der Waals surface area contributed by atoms with Gasteiger partial charge in [-0.05, 0) is 94.3 Å². The van der Waals surface area contributed by atoms with Crippen molar-refractivity contribution in [2.75, 3.05) is 37.3 Å². The number of urea groups is 1. The van der Waals surface area contributed by atoms with E-state index in [-0.39, 0.29) is 36.8 Å². The Kier molecular flexibility index (Phi) is 16.9. The van der Waals surface area contributed by atoms with Gasteiger partial charge in [0.25, 0.3) is 5.91 Å². The number of anilines is 3. The summed E-state index contributed by atoms with van der Waals surface area (Å²) in [5, 5.41) is 11.5. The number of ether oxygens (including phenoxy) is 1. The molecule has 4 N–H and O–H groups in total. The Bertz CT molecular complexity index is 1420. The number of imidazole rings is 1. The first-order valence-corrected chi connectivity index (χ1v) is 15.9. The maximum absolute atomic E-state index is 13.8. The van der Waals surface area contributed by atoms with Crippen LogP contribution < -0.4 is 21.3 Å². The summed E-state index contributed by atoms with van der Waals surface area (Å²) >= 11 is 0. The minimum atomic E-state index is -0.575. The molecule has 0 saturated carbocycles. The lowest BCUT2D eigenvalue weighted by atomic mass is 10.1. The number of nitrogens with one attached hydrogen (secondary N) is 4. The zero-order valence-corrected chi connectivity index (χ0v) is 30.6. The molecule has 3 aromatic rings. The van der Waals surface area contributed by atoms with Gasteiger partial charge in [0.05, 0.1) is 11.0 Å². The summed E-state index contributed by atoms with van der Waals surface area (Å²) in [6.45, 7) is 16.6. The highest BCUT2D eigenvalue weighted by atomic mass is 35.5. The molecule has 1 heterocycles. The topological polar surface area (TPSA) is 130 Å². The third-order valence-corrected chi connectivity index (χ3v) is 7.09. The number of hydrogen-bond donors (Lipinski definition) is 4. The van der Waals surface area contributed by atoms with E-state index in [9.17, 15) is 14.4 Å². The Morgan fingerprint density at radius 3 is 2.06 bits per heavy atom. The van der Waals surface area contributed by atoms with Gasteiger partial charge < -0.3 is 35.5 Å². The van der Waals surface area contributed by atoms with Gasteiger partial charge in [-0.2, -0.15) is 0 Å². The average Bonchev–Trinajstić information content (AvgIpc) is 3.30. The molecule has 0 aliphatic rings. The van der Waals surface area contributed by atoms with Crippen molar-refractivity contribution in [1.29, 1.82) is 0 Å². The second kappa shape index (κ2) is 19.2. The first-order valence-electron chi connectivity index (χ1n) is 15.9. The molecule has 2 aromatic carbocycles. The lowest BCUT2D eigenvalue weighted by Crippen LogP contribution is -2.34. The van der Waals surface area contributed by atoms with Gasteiger partial charge in [-0.25, -0.2) is 14.6 Å². The van der Waals surface area contributed by atoms with Crippen LogP contribution in [0.5, 0.6) is 0 Å². The number of aromatic nitrogens is 2. The molecule has 4 amide bonds. The molecule has 0 aliphatic heterocycles. The van der Waals surface area contributed by atoms with E-state index in [0.29, 0.717) is 61.6 Å². The molecule has 262 valence electrons. The summed E-state index contributed by atoms with van der Waals surface area (Å²) in [4.78, 5) is 44.5. The Balaban J connectivity index is 0.00000552. The highest BCUT2D eigenvalue weighted by molar-refractivity contribution is 5.98. The Morgan fingerprint density at radius 2 is 1.51 bits per heavy atom. The summed E-state index contributed by atoms with van der Waals surface area (Å²) in [6.07, 6.45) is 2.04. The molecular weight excluding hydrogens is 641 g/mol. The van der Waals surface area contributed by atoms with Crippen LogP contribution in [0.25, 0.3) is 11.0 Å². The molecule has 0 fully saturated rings. The predicted octanol–water partition coefficient (Wildman–Crippen LogP) is 7.82. The fraction of sp³-hybridized carbons (Fsp3) is 0.529. The van der Waals surface area contributed by atoms with Crippen LogP contribution in [-0.2, 0) is 11.3 Å². The molecule has 13 heteroatoms. The van der Waals surface area contributed by atoms with Gasteiger partial charge in [-0.1, -0.05) is 27.7 Å². The van der Waals surface area contributed by atoms with Crippen molar-refractivity contribution in [3.8, 4) is 0 Å². The van der Waals surface area contributed by atoms with Gasteiger partial charge in [0.2, 0.25) is 5.95 Å². The number of rotatable bonds is 14. The SMILES string of the molecule is CNC(=O)Nc1ccc(Nc2nc3ccc(C(=O)N(CCC(C)C)CCC(C)C)cc3n2CCCNC(=O)OC(C)(C)C)cc1.Cl.Cl. The quantitative estimate of drug-likeness (QED) is 0.127. The van der Waals surface area contributed by atoms with E-state index >= 15 is 0 Å². The highest BCUT2D eigenvalue weighted by Crippen LogP contribution is 2.26. The molecular formula is C34H53Cl2N7O4. The van der Waals surface area contributed by atoms with E-state index in [2.05, 4.69) is 49.0 Å². The van der Waals surface area contributed by atoms with Crippen LogP contribution in [0.4, 0.5) is 26.9 Å². The van der Waals surface area contributed by atoms with Gasteiger partial charge in [-0.15, -0.1) is 24.8 Å². The normalized spacial score (nSPS) is 11.0. The molecule has 0 bridgehead atoms. The van der Waals surface area contributed by atoms with Crippen molar-refractivity contribution in [2.24, 2.45) is 11.8 Å². The lowest BCUT2D eigenvalue weighted by Gasteiger charge is -2.24. The molecule has 0 unspecified atom stereocenters. The van der Waals surface area contributed by atoms with Crippen LogP contribution in [0.1, 0.15) is 78.1 Å². The second-order valence-corrected chi connectivity index (χ2v) is 13.1. The number of halogens is 2. The van der Waals surface area contributed by atoms with Gasteiger partial charge in [0.15, 0.2) is 0 Å². The molecule has 0 radical (unpaired) electrons. The Hall–Kier alpha value is -3.70. The minimum Gasteiger partial charge on any atom is -0.444 e. The zero-order valence-electron chi connectivity index (χ0n) is 28.9. The predicted molar refractivity (Wildman–Crippen MR) is 196 cm³/mol. The number of carbonyl (C=O) groups excluding carboxylic acids is 3. The van der Waals surface area contributed by atoms with Crippen LogP contribution in [0.3, 0.4) is 0 Å². The lowest BCUT2D eigenvalue weighted by molar-refractivity contribution is 0.0526. The first kappa shape index (κ1) is 41.3. The molecule has 3 rings (SSSR count). The molecule has 0 spiro atoms. The Labute approximate surface area is 291 Å². The number of nitrogens with zero attached hydrogens (tertiary/aromatic N) is 3. The third kappa shape index (κ3) is 13.5. The number of fused-ring (bicyclic) bond motifs is 1. The molecule has 47 heavy (non-hydrogen) atoms. The summed E-state index contributed by atoms with van der Waals surface area (Å²) < 4.78 is 7.40. The van der Waals surface area contributed by atoms with Crippen LogP contribution in [0.2, 0.25) is 0 Å². The number of amides is 4. The van der Waals surface area contributed by atoms with E-state index in [1.165, 1.54) is 0 Å². The van der Waals surface area contributed by atoms with Crippen molar-refractivity contribution in [3.05, 3.63) is 48.0 Å². The van der Waals surface area contributed by atoms with E-state index < -0.39 is 11.7 Å². The van der Waals surface area contributed by atoms with Crippen LogP contribution in [-0.4, -0.2) is 64.8 Å². The van der Waals surface area contributed by atoms with Crippen molar-refractivity contribution in [2.45, 2.75) is 79.9 Å². The number of benzene rings is 2. The number of alkyl carbamates (subject to hydrolysis) is 1. The van der Waals surface area contributed by atoms with Crippen molar-refractivity contribution in [1.82, 2.24) is 25.1 Å². The zero-order chi connectivity index (χ0) is 33.1. The monoisotopic (exact) mass is 693 g/mol. The van der Waals surface area contributed by atoms with Crippen molar-refractivity contribution >= 4 is 71.2 Å². The first-order chi connectivity index (χ1) is 21.3. The standard InChI is InChI=1S/C34H51N7O4.2ClH/c1-23(2)16-20-40(21-17-24(3)4)30(42)25-10-15-28-29(22-25)41(19-9-18-36-33(44)45-34(5,6)7)31(39-28)37-26-11-13-27(14-12-26)38-32(43)35-8;;/h10-15,22-24H,9,16-21H2,1-8H3,(H,36,44)(H,37,39)(H2,35,38,43);2*1H. The highest BCUT2D eigenvalue weighted by Gasteiger charge is 2.20. The summed E-state index contributed by atoms with van der Waals surface area (Å²) in [6, 6.07) is 12.7. The fourth-order valence-corrected chi connectivity index (χ4v) is 4.60. The van der Waals surface area contributed by atoms with Crippen LogP contribution in [0.15, 0.2) is 42.5 Å². The second-order valence-electron chi connectivity index (χ2n) is 13.1. The van der Waals surface area contributed by atoms with E-state index in [1.807, 2.05) is 60.6 Å². The summed E-state index contributed by atoms with van der Waals surface area (Å²) in [5.41, 5.74) is 3.07. The maximum atomic E-state index is 13.8. The fourth-order valence-electron chi connectivity index (χ4n) is 4.60. The number of carbonyl (C=O) groups is 3. The number of hydrogen-bond acceptors (Lipinski definition) is 6. The van der Waals surface area contributed by atoms with Crippen molar-refractivity contribution < 1.29 is 19.1 Å². The molecule has 0 aliphatic carbocycles. The summed E-state index contributed by atoms with van der Waals surface area (Å²) in [7, 11) is 1.56. The van der Waals surface area contributed by atoms with Crippen molar-refractivity contribution in [3.63, 3.8) is 0 Å². The molecule has 1 aromatic heterocycles. The van der Waals surface area contributed by atoms with Gasteiger partial charge in [0.1, 0.15) is 5.60 Å². The largest absolute Gasteiger partial charge is 0.444 e. The summed E-state index contributed by atoms with van der Waals surface area (Å²) in [5.74, 6) is 1.63. The smallest absolute Gasteiger partial charge is 0.407 e. The molecule has 0 saturated heterocycles. The van der Waals surface area contributed by atoms with Gasteiger partial charge in [0, 0.05) is 50.2 Å². The number of aryl methyl sites for hydroxylation is 1. The van der Waals surface area contributed by atoms with Crippen LogP contribution >= 0.6 is 24.8 Å². The molecule has 0 atom stereocenters. The molecule has 11 nitrogen and oxygen atoms in total. The van der Waals surface area contributed by atoms with Crippen LogP contribution in [0, 0.1) is 11.8 Å².